The molecule has 0 saturated heterocycles. The highest BCUT2D eigenvalue weighted by Gasteiger charge is 2.08. The first kappa shape index (κ1) is 13.4. The second-order valence-electron chi connectivity index (χ2n) is 5.00. The fourth-order valence-electron chi connectivity index (χ4n) is 2.39. The van der Waals surface area contributed by atoms with Gasteiger partial charge in [0.15, 0.2) is 0 Å². The van der Waals surface area contributed by atoms with Gasteiger partial charge in [0.25, 0.3) is 0 Å². The van der Waals surface area contributed by atoms with Crippen LogP contribution in [0, 0.1) is 0 Å². The molecule has 2 N–H and O–H groups in total. The first-order valence-corrected chi connectivity index (χ1v) is 6.99. The maximum Gasteiger partial charge on any atom is 0.221 e. The fraction of sp³-hybridized carbons (Fsp3) is 0.176. The summed E-state index contributed by atoms with van der Waals surface area (Å²) in [7, 11) is 0. The maximum absolute atomic E-state index is 11.1. The van der Waals surface area contributed by atoms with Crippen LogP contribution in [0.3, 0.4) is 0 Å². The van der Waals surface area contributed by atoms with Gasteiger partial charge in [0.2, 0.25) is 5.91 Å². The predicted molar refractivity (Wildman–Crippen MR) is 85.6 cm³/mol. The number of amides is 1. The molecule has 2 aromatic carbocycles. The molecule has 0 spiro atoms. The molecule has 0 fully saturated rings. The first-order valence-electron chi connectivity index (χ1n) is 6.99. The van der Waals surface area contributed by atoms with Gasteiger partial charge >= 0.3 is 0 Å². The highest BCUT2D eigenvalue weighted by molar-refractivity contribution is 6.00. The topological polar surface area (TPSA) is 53.5 Å². The molecule has 1 aliphatic heterocycles. The second-order valence-corrected chi connectivity index (χ2v) is 5.00. The van der Waals surface area contributed by atoms with Gasteiger partial charge in [-0.3, -0.25) is 9.79 Å². The van der Waals surface area contributed by atoms with E-state index in [1.807, 2.05) is 24.3 Å². The summed E-state index contributed by atoms with van der Waals surface area (Å²) in [4.78, 5) is 15.5. The highest BCUT2D eigenvalue weighted by Crippen LogP contribution is 2.23. The number of aliphatic imine (C=N–C) groups is 1. The number of anilines is 1. The van der Waals surface area contributed by atoms with E-state index in [-0.39, 0.29) is 5.91 Å². The van der Waals surface area contributed by atoms with Crippen molar-refractivity contribution in [3.05, 3.63) is 54.1 Å². The van der Waals surface area contributed by atoms with Crippen LogP contribution in [0.5, 0.6) is 0 Å². The highest BCUT2D eigenvalue weighted by atomic mass is 16.1. The Hall–Kier alpha value is -2.62. The van der Waals surface area contributed by atoms with Gasteiger partial charge in [-0.05, 0) is 23.3 Å². The van der Waals surface area contributed by atoms with Crippen molar-refractivity contribution in [2.75, 3.05) is 18.4 Å². The van der Waals surface area contributed by atoms with Gasteiger partial charge in [-0.2, -0.15) is 0 Å². The lowest BCUT2D eigenvalue weighted by molar-refractivity contribution is -0.114. The smallest absolute Gasteiger partial charge is 0.221 e. The number of rotatable bonds is 3. The molecule has 0 saturated carbocycles. The molecule has 3 rings (SSSR count). The van der Waals surface area contributed by atoms with E-state index in [1.54, 1.807) is 0 Å². The molecule has 1 aliphatic rings. The molecule has 0 aromatic heterocycles. The lowest BCUT2D eigenvalue weighted by Gasteiger charge is -2.07. The van der Waals surface area contributed by atoms with Gasteiger partial charge in [-0.25, -0.2) is 0 Å². The summed E-state index contributed by atoms with van der Waals surface area (Å²) >= 11 is 0. The fourth-order valence-corrected chi connectivity index (χ4v) is 2.39. The van der Waals surface area contributed by atoms with Crippen molar-refractivity contribution in [3.8, 4) is 11.1 Å². The number of benzene rings is 2. The Bertz CT molecular complexity index is 689. The minimum Gasteiger partial charge on any atom is -0.368 e. The van der Waals surface area contributed by atoms with Crippen molar-refractivity contribution in [3.63, 3.8) is 0 Å². The summed E-state index contributed by atoms with van der Waals surface area (Å²) in [5.74, 6) is 0.904. The standard InChI is InChI=1S/C17H17N3O/c1-12(21)20-16-4-2-3-15(11-16)13-5-7-14(8-6-13)17-18-9-10-19-17/h2-8,11H,9-10H2,1H3,(H,18,19)(H,20,21). The van der Waals surface area contributed by atoms with Crippen LogP contribution in [0.1, 0.15) is 12.5 Å². The second kappa shape index (κ2) is 5.79. The Morgan fingerprint density at radius 3 is 2.52 bits per heavy atom. The first-order chi connectivity index (χ1) is 10.2. The van der Waals surface area contributed by atoms with Crippen molar-refractivity contribution < 1.29 is 4.79 Å². The molecule has 0 radical (unpaired) electrons. The number of nitrogens with one attached hydrogen (secondary N) is 2. The number of carbonyl (C=O) groups is 1. The maximum atomic E-state index is 11.1. The van der Waals surface area contributed by atoms with Crippen LogP contribution in [0.4, 0.5) is 5.69 Å². The van der Waals surface area contributed by atoms with Crippen molar-refractivity contribution in [2.45, 2.75) is 6.92 Å². The van der Waals surface area contributed by atoms with E-state index in [2.05, 4.69) is 39.9 Å². The molecule has 2 aromatic rings. The molecule has 0 atom stereocenters. The summed E-state index contributed by atoms with van der Waals surface area (Å²) in [6.45, 7) is 3.27. The van der Waals surface area contributed by atoms with Crippen LogP contribution in [0.15, 0.2) is 53.5 Å². The van der Waals surface area contributed by atoms with E-state index >= 15 is 0 Å². The van der Waals surface area contributed by atoms with Gasteiger partial charge in [0.1, 0.15) is 5.84 Å². The molecule has 1 heterocycles. The van der Waals surface area contributed by atoms with E-state index < -0.39 is 0 Å². The van der Waals surface area contributed by atoms with E-state index in [4.69, 9.17) is 0 Å². The summed E-state index contributed by atoms with van der Waals surface area (Å²) in [5.41, 5.74) is 4.11. The third kappa shape index (κ3) is 3.11. The average molecular weight is 279 g/mol. The Morgan fingerprint density at radius 2 is 1.86 bits per heavy atom. The third-order valence-electron chi connectivity index (χ3n) is 3.35. The molecule has 4 nitrogen and oxygen atoms in total. The van der Waals surface area contributed by atoms with Gasteiger partial charge < -0.3 is 10.6 Å². The monoisotopic (exact) mass is 279 g/mol. The third-order valence-corrected chi connectivity index (χ3v) is 3.35. The summed E-state index contributed by atoms with van der Waals surface area (Å²) in [6, 6.07) is 16.1. The van der Waals surface area contributed by atoms with Crippen LogP contribution < -0.4 is 10.6 Å². The average Bonchev–Trinajstić information content (AvgIpc) is 3.01. The van der Waals surface area contributed by atoms with Crippen molar-refractivity contribution >= 4 is 17.4 Å². The largest absolute Gasteiger partial charge is 0.368 e. The Morgan fingerprint density at radius 1 is 1.10 bits per heavy atom. The lowest BCUT2D eigenvalue weighted by Crippen LogP contribution is -2.19. The Balaban J connectivity index is 1.85. The number of hydrogen-bond donors (Lipinski definition) is 2. The normalized spacial score (nSPS) is 13.5. The van der Waals surface area contributed by atoms with Crippen LogP contribution >= 0.6 is 0 Å². The van der Waals surface area contributed by atoms with E-state index in [1.165, 1.54) is 6.92 Å². The number of carbonyl (C=O) groups excluding carboxylic acids is 1. The summed E-state index contributed by atoms with van der Waals surface area (Å²) in [6.07, 6.45) is 0. The molecule has 106 valence electrons. The summed E-state index contributed by atoms with van der Waals surface area (Å²) in [5, 5.41) is 6.07. The number of hydrogen-bond acceptors (Lipinski definition) is 3. The molecular formula is C17H17N3O. The molecule has 0 bridgehead atoms. The quantitative estimate of drug-likeness (QED) is 0.907. The summed E-state index contributed by atoms with van der Waals surface area (Å²) < 4.78 is 0. The zero-order valence-corrected chi connectivity index (χ0v) is 11.9. The zero-order chi connectivity index (χ0) is 14.7. The van der Waals surface area contributed by atoms with Crippen LogP contribution in [0.2, 0.25) is 0 Å². The predicted octanol–water partition coefficient (Wildman–Crippen LogP) is 2.66. The molecule has 21 heavy (non-hydrogen) atoms. The molecule has 0 unspecified atom stereocenters. The molecule has 1 amide bonds. The van der Waals surface area contributed by atoms with Gasteiger partial charge in [0.05, 0.1) is 6.54 Å². The van der Waals surface area contributed by atoms with Gasteiger partial charge in [-0.15, -0.1) is 0 Å². The minimum atomic E-state index is -0.0622. The Kier molecular flexibility index (Phi) is 3.69. The van der Waals surface area contributed by atoms with Crippen molar-refractivity contribution in [1.82, 2.24) is 5.32 Å². The number of amidine groups is 1. The Labute approximate surface area is 123 Å². The van der Waals surface area contributed by atoms with Gasteiger partial charge in [0, 0.05) is 24.7 Å². The van der Waals surface area contributed by atoms with Gasteiger partial charge in [-0.1, -0.05) is 36.4 Å². The van der Waals surface area contributed by atoms with Crippen LogP contribution in [-0.2, 0) is 4.79 Å². The SMILES string of the molecule is CC(=O)Nc1cccc(-c2ccc(C3=NCCN3)cc2)c1. The zero-order valence-electron chi connectivity index (χ0n) is 11.9. The molecular weight excluding hydrogens is 262 g/mol. The number of nitrogens with zero attached hydrogens (tertiary/aromatic N) is 1. The molecule has 4 heteroatoms. The van der Waals surface area contributed by atoms with Crippen molar-refractivity contribution in [1.29, 1.82) is 0 Å². The molecule has 0 aliphatic carbocycles. The van der Waals surface area contributed by atoms with Crippen molar-refractivity contribution in [2.24, 2.45) is 4.99 Å². The minimum absolute atomic E-state index is 0.0622. The van der Waals surface area contributed by atoms with Crippen LogP contribution in [-0.4, -0.2) is 24.8 Å². The van der Waals surface area contributed by atoms with Crippen LogP contribution in [0.25, 0.3) is 11.1 Å². The van der Waals surface area contributed by atoms with E-state index in [0.29, 0.717) is 0 Å². The van der Waals surface area contributed by atoms with E-state index in [9.17, 15) is 4.79 Å². The van der Waals surface area contributed by atoms with E-state index in [0.717, 1.165) is 41.3 Å². The lowest BCUT2D eigenvalue weighted by atomic mass is 10.0.